The number of esters is 1. The second-order valence-electron chi connectivity index (χ2n) is 6.79. The van der Waals surface area contributed by atoms with Crippen LogP contribution in [-0.4, -0.2) is 43.4 Å². The fraction of sp³-hybridized carbons (Fsp3) is 0.286. The summed E-state index contributed by atoms with van der Waals surface area (Å²) in [5.74, 6) is 2.59. The van der Waals surface area contributed by atoms with Gasteiger partial charge in [0.1, 0.15) is 6.61 Å². The summed E-state index contributed by atoms with van der Waals surface area (Å²) in [7, 11) is -6.24. The Balaban J connectivity index is 1.92. The van der Waals surface area contributed by atoms with Gasteiger partial charge in [0, 0.05) is 23.8 Å². The van der Waals surface area contributed by atoms with E-state index in [1.807, 2.05) is 6.92 Å². The molecule has 2 aromatic rings. The zero-order valence-electron chi connectivity index (χ0n) is 17.1. The van der Waals surface area contributed by atoms with E-state index in [0.717, 1.165) is 0 Å². The Morgan fingerprint density at radius 2 is 1.76 bits per heavy atom. The van der Waals surface area contributed by atoms with Gasteiger partial charge in [-0.3, -0.25) is 14.4 Å². The minimum absolute atomic E-state index is 0.0874. The third-order valence-electron chi connectivity index (χ3n) is 4.49. The Kier molecular flexibility index (Phi) is 6.76. The number of halogens is 3. The third kappa shape index (κ3) is 4.84. The lowest BCUT2D eigenvalue weighted by atomic mass is 9.92. The van der Waals surface area contributed by atoms with E-state index in [9.17, 15) is 36.0 Å². The molecule has 0 unspecified atom stereocenters. The Bertz CT molecular complexity index is 1280. The van der Waals surface area contributed by atoms with Crippen molar-refractivity contribution in [2.45, 2.75) is 31.7 Å². The minimum Gasteiger partial charge on any atom is -0.465 e. The maximum Gasteiger partial charge on any atom is 0.525 e. The molecule has 1 aliphatic heterocycles. The predicted molar refractivity (Wildman–Crippen MR) is 108 cm³/mol. The first-order chi connectivity index (χ1) is 15.5. The summed E-state index contributed by atoms with van der Waals surface area (Å²) in [6.07, 6.45) is 1.19. The van der Waals surface area contributed by atoms with Gasteiger partial charge in [-0.25, -0.2) is 0 Å². The molecule has 1 heterocycles. The van der Waals surface area contributed by atoms with E-state index < -0.39 is 32.5 Å². The van der Waals surface area contributed by atoms with E-state index in [4.69, 9.17) is 4.74 Å². The molecule has 1 aliphatic rings. The molecule has 0 aromatic heterocycles. The van der Waals surface area contributed by atoms with Gasteiger partial charge < -0.3 is 4.74 Å². The Morgan fingerprint density at radius 3 is 2.39 bits per heavy atom. The highest BCUT2D eigenvalue weighted by Crippen LogP contribution is 2.34. The zero-order chi connectivity index (χ0) is 24.4. The largest absolute Gasteiger partial charge is 0.525 e. The van der Waals surface area contributed by atoms with Gasteiger partial charge >= 0.3 is 21.6 Å². The molecule has 2 amide bonds. The molecule has 0 spiro atoms. The van der Waals surface area contributed by atoms with Crippen LogP contribution < -0.4 is 0 Å². The predicted octanol–water partition coefficient (Wildman–Crippen LogP) is 3.30. The number of ether oxygens (including phenoxy) is 1. The first kappa shape index (κ1) is 24.2. The van der Waals surface area contributed by atoms with Crippen molar-refractivity contribution in [3.8, 4) is 11.8 Å². The standard InChI is InChI=1S/C21H16F3NO7S/c1-2-6-17(26)31-12-4-3-7-13-10-11-16-18-14(13)8-5-9-15(18)19(27)25(20(16)28)32-33(29,30)21(22,23)24/h5,8-11H,2,4,6,12H2,1H3. The monoisotopic (exact) mass is 483 g/mol. The number of hydroxylamine groups is 2. The SMILES string of the molecule is CCCC(=O)OCCC#Cc1ccc2c3c(cccc13)C(=O)N(OS(=O)(=O)C(F)(F)F)C2=O. The van der Waals surface area contributed by atoms with E-state index in [0.29, 0.717) is 23.8 Å². The maximum atomic E-state index is 12.7. The number of hydrogen-bond acceptors (Lipinski definition) is 7. The van der Waals surface area contributed by atoms with Crippen molar-refractivity contribution in [1.82, 2.24) is 5.06 Å². The molecule has 0 aliphatic carbocycles. The number of amides is 2. The van der Waals surface area contributed by atoms with Gasteiger partial charge in [0.05, 0.1) is 11.1 Å². The van der Waals surface area contributed by atoms with Crippen LogP contribution in [0.1, 0.15) is 52.5 Å². The minimum atomic E-state index is -6.24. The topological polar surface area (TPSA) is 107 Å². The first-order valence-corrected chi connectivity index (χ1v) is 11.0. The van der Waals surface area contributed by atoms with Gasteiger partial charge in [-0.05, 0) is 30.0 Å². The van der Waals surface area contributed by atoms with Crippen LogP contribution in [0.15, 0.2) is 30.3 Å². The van der Waals surface area contributed by atoms with Crippen LogP contribution in [0.4, 0.5) is 13.2 Å². The van der Waals surface area contributed by atoms with Gasteiger partial charge in [0.25, 0.3) is 11.8 Å². The molecule has 0 saturated carbocycles. The molecule has 0 fully saturated rings. The number of nitrogens with zero attached hydrogens (tertiary/aromatic N) is 1. The van der Waals surface area contributed by atoms with Crippen molar-refractivity contribution < 1.29 is 45.0 Å². The number of hydrogen-bond donors (Lipinski definition) is 0. The Labute approximate surface area is 186 Å². The highest BCUT2D eigenvalue weighted by atomic mass is 32.2. The number of imide groups is 1. The van der Waals surface area contributed by atoms with Crippen molar-refractivity contribution in [3.05, 3.63) is 47.0 Å². The highest BCUT2D eigenvalue weighted by molar-refractivity contribution is 7.87. The molecule has 174 valence electrons. The molecule has 8 nitrogen and oxygen atoms in total. The molecule has 3 rings (SSSR count). The lowest BCUT2D eigenvalue weighted by Gasteiger charge is -2.25. The fourth-order valence-corrected chi connectivity index (χ4v) is 3.46. The average molecular weight is 483 g/mol. The van der Waals surface area contributed by atoms with Crippen molar-refractivity contribution in [3.63, 3.8) is 0 Å². The van der Waals surface area contributed by atoms with Crippen molar-refractivity contribution in [2.24, 2.45) is 0 Å². The van der Waals surface area contributed by atoms with Gasteiger partial charge in [-0.2, -0.15) is 21.6 Å². The molecule has 0 bridgehead atoms. The molecule has 0 N–H and O–H groups in total. The maximum absolute atomic E-state index is 12.7. The molecule has 0 atom stereocenters. The quantitative estimate of drug-likeness (QED) is 0.204. The zero-order valence-corrected chi connectivity index (χ0v) is 17.9. The molecular formula is C21H16F3NO7S. The smallest absolute Gasteiger partial charge is 0.465 e. The lowest BCUT2D eigenvalue weighted by Crippen LogP contribution is -2.44. The summed E-state index contributed by atoms with van der Waals surface area (Å²) in [6, 6.07) is 6.80. The van der Waals surface area contributed by atoms with Gasteiger partial charge in [0.2, 0.25) is 0 Å². The fourth-order valence-electron chi connectivity index (χ4n) is 3.04. The van der Waals surface area contributed by atoms with E-state index in [1.54, 1.807) is 6.07 Å². The second-order valence-corrected chi connectivity index (χ2v) is 8.31. The summed E-state index contributed by atoms with van der Waals surface area (Å²) in [4.78, 5) is 36.6. The van der Waals surface area contributed by atoms with Crippen LogP contribution in [0.5, 0.6) is 0 Å². The second kappa shape index (κ2) is 9.21. The van der Waals surface area contributed by atoms with Crippen LogP contribution in [0.3, 0.4) is 0 Å². The molecule has 0 radical (unpaired) electrons. The van der Waals surface area contributed by atoms with Crippen molar-refractivity contribution >= 4 is 38.7 Å². The third-order valence-corrected chi connectivity index (χ3v) is 5.41. The number of alkyl halides is 3. The van der Waals surface area contributed by atoms with Crippen LogP contribution in [0.25, 0.3) is 10.8 Å². The summed E-state index contributed by atoms with van der Waals surface area (Å²) in [5.41, 5.74) is -5.87. The van der Waals surface area contributed by atoms with E-state index >= 15 is 0 Å². The number of benzene rings is 2. The van der Waals surface area contributed by atoms with E-state index in [2.05, 4.69) is 16.1 Å². The number of rotatable bonds is 6. The summed E-state index contributed by atoms with van der Waals surface area (Å²) >= 11 is 0. The van der Waals surface area contributed by atoms with Crippen LogP contribution in [0.2, 0.25) is 0 Å². The average Bonchev–Trinajstić information content (AvgIpc) is 2.74. The molecular weight excluding hydrogens is 467 g/mol. The highest BCUT2D eigenvalue weighted by Gasteiger charge is 2.51. The van der Waals surface area contributed by atoms with Crippen LogP contribution in [-0.2, 0) is 23.9 Å². The van der Waals surface area contributed by atoms with E-state index in [-0.39, 0.29) is 35.5 Å². The lowest BCUT2D eigenvalue weighted by molar-refractivity contribution is -0.143. The molecule has 0 saturated heterocycles. The molecule has 2 aromatic carbocycles. The Morgan fingerprint density at radius 1 is 1.09 bits per heavy atom. The summed E-state index contributed by atoms with van der Waals surface area (Å²) in [6.45, 7) is 1.93. The van der Waals surface area contributed by atoms with Crippen LogP contribution >= 0.6 is 0 Å². The summed E-state index contributed by atoms with van der Waals surface area (Å²) < 4.78 is 69.5. The van der Waals surface area contributed by atoms with Gasteiger partial charge in [-0.15, -0.1) is 9.35 Å². The number of carbonyl (C=O) groups excluding carboxylic acids is 3. The molecule has 33 heavy (non-hydrogen) atoms. The normalized spacial score (nSPS) is 13.6. The summed E-state index contributed by atoms with van der Waals surface area (Å²) in [5, 5.41) is 0.0501. The van der Waals surface area contributed by atoms with Gasteiger partial charge in [-0.1, -0.05) is 30.9 Å². The van der Waals surface area contributed by atoms with Crippen LogP contribution in [0, 0.1) is 11.8 Å². The molecule has 12 heteroatoms. The number of carbonyl (C=O) groups is 3. The van der Waals surface area contributed by atoms with Gasteiger partial charge in [0.15, 0.2) is 0 Å². The first-order valence-electron chi connectivity index (χ1n) is 9.57. The van der Waals surface area contributed by atoms with Crippen molar-refractivity contribution in [2.75, 3.05) is 6.61 Å². The Hall–Kier alpha value is -3.43. The van der Waals surface area contributed by atoms with Crippen molar-refractivity contribution in [1.29, 1.82) is 0 Å². The van der Waals surface area contributed by atoms with E-state index in [1.165, 1.54) is 24.3 Å².